The van der Waals surface area contributed by atoms with E-state index in [1.807, 2.05) is 18.2 Å². The summed E-state index contributed by atoms with van der Waals surface area (Å²) in [6.45, 7) is 2.49. The second kappa shape index (κ2) is 5.52. The van der Waals surface area contributed by atoms with Gasteiger partial charge in [0.1, 0.15) is 5.75 Å². The van der Waals surface area contributed by atoms with Crippen LogP contribution in [0.25, 0.3) is 0 Å². The van der Waals surface area contributed by atoms with E-state index < -0.39 is 0 Å². The van der Waals surface area contributed by atoms with Crippen LogP contribution in [0.3, 0.4) is 0 Å². The van der Waals surface area contributed by atoms with E-state index >= 15 is 0 Å². The minimum atomic E-state index is 0.563. The quantitative estimate of drug-likeness (QED) is 0.784. The van der Waals surface area contributed by atoms with E-state index in [2.05, 4.69) is 22.0 Å². The molecular formula is C12H15BrO2. The van der Waals surface area contributed by atoms with Crippen LogP contribution < -0.4 is 4.74 Å². The molecule has 1 atom stereocenters. The van der Waals surface area contributed by atoms with Crippen LogP contribution in [0.15, 0.2) is 24.3 Å². The number of benzene rings is 1. The number of halogens is 1. The summed E-state index contributed by atoms with van der Waals surface area (Å²) in [4.78, 5) is 0. The predicted molar refractivity (Wildman–Crippen MR) is 63.5 cm³/mol. The molecule has 0 aliphatic carbocycles. The predicted octanol–water partition coefficient (Wildman–Crippen LogP) is 3.00. The Morgan fingerprint density at radius 3 is 3.00 bits per heavy atom. The molecule has 0 aromatic heterocycles. The Kier molecular flexibility index (Phi) is 4.03. The van der Waals surface area contributed by atoms with Crippen molar-refractivity contribution < 1.29 is 9.47 Å². The van der Waals surface area contributed by atoms with Crippen LogP contribution >= 0.6 is 15.9 Å². The molecule has 1 aliphatic rings. The molecule has 0 radical (unpaired) electrons. The maximum atomic E-state index is 5.80. The maximum Gasteiger partial charge on any atom is 0.123 e. The van der Waals surface area contributed by atoms with Crippen molar-refractivity contribution in [2.45, 2.75) is 11.8 Å². The zero-order valence-corrected chi connectivity index (χ0v) is 10.2. The standard InChI is InChI=1S/C12H15BrO2/c13-7-11-3-1-2-4-12(11)15-9-10-5-6-14-8-10/h1-4,10H,5-9H2. The third-order valence-electron chi connectivity index (χ3n) is 2.62. The topological polar surface area (TPSA) is 18.5 Å². The lowest BCUT2D eigenvalue weighted by Crippen LogP contribution is -2.12. The number of hydrogen-bond donors (Lipinski definition) is 0. The van der Waals surface area contributed by atoms with Crippen molar-refractivity contribution in [1.82, 2.24) is 0 Å². The van der Waals surface area contributed by atoms with E-state index in [0.29, 0.717) is 5.92 Å². The van der Waals surface area contributed by atoms with Crippen molar-refractivity contribution in [2.24, 2.45) is 5.92 Å². The molecule has 1 heterocycles. The zero-order chi connectivity index (χ0) is 10.5. The van der Waals surface area contributed by atoms with Crippen molar-refractivity contribution >= 4 is 15.9 Å². The van der Waals surface area contributed by atoms with E-state index in [1.54, 1.807) is 0 Å². The molecule has 2 nitrogen and oxygen atoms in total. The Morgan fingerprint density at radius 2 is 2.27 bits per heavy atom. The van der Waals surface area contributed by atoms with E-state index in [4.69, 9.17) is 9.47 Å². The van der Waals surface area contributed by atoms with E-state index in [9.17, 15) is 0 Å². The molecule has 0 N–H and O–H groups in total. The maximum absolute atomic E-state index is 5.80. The summed E-state index contributed by atoms with van der Waals surface area (Å²) in [6, 6.07) is 8.14. The van der Waals surface area contributed by atoms with E-state index in [0.717, 1.165) is 37.3 Å². The molecule has 2 rings (SSSR count). The van der Waals surface area contributed by atoms with Crippen molar-refractivity contribution in [2.75, 3.05) is 19.8 Å². The van der Waals surface area contributed by atoms with Gasteiger partial charge >= 0.3 is 0 Å². The monoisotopic (exact) mass is 270 g/mol. The van der Waals surface area contributed by atoms with Crippen LogP contribution in [0, 0.1) is 5.92 Å². The molecule has 1 fully saturated rings. The van der Waals surface area contributed by atoms with Gasteiger partial charge in [-0.15, -0.1) is 0 Å². The van der Waals surface area contributed by atoms with E-state index in [1.165, 1.54) is 5.56 Å². The van der Waals surface area contributed by atoms with E-state index in [-0.39, 0.29) is 0 Å². The van der Waals surface area contributed by atoms with Crippen LogP contribution in [0.2, 0.25) is 0 Å². The molecule has 0 bridgehead atoms. The van der Waals surface area contributed by atoms with Crippen LogP contribution in [0.5, 0.6) is 5.75 Å². The second-order valence-electron chi connectivity index (χ2n) is 3.78. The molecule has 0 spiro atoms. The molecule has 15 heavy (non-hydrogen) atoms. The summed E-state index contributed by atoms with van der Waals surface area (Å²) in [6.07, 6.45) is 1.12. The fourth-order valence-corrected chi connectivity index (χ4v) is 2.14. The average Bonchev–Trinajstić information content (AvgIpc) is 2.79. The molecular weight excluding hydrogens is 256 g/mol. The number of hydrogen-bond acceptors (Lipinski definition) is 2. The Morgan fingerprint density at radius 1 is 1.40 bits per heavy atom. The largest absolute Gasteiger partial charge is 0.493 e. The van der Waals surface area contributed by atoms with Crippen LogP contribution in [-0.4, -0.2) is 19.8 Å². The molecule has 82 valence electrons. The van der Waals surface area contributed by atoms with Crippen molar-refractivity contribution in [3.63, 3.8) is 0 Å². The molecule has 1 unspecified atom stereocenters. The van der Waals surface area contributed by atoms with Gasteiger partial charge < -0.3 is 9.47 Å². The Balaban J connectivity index is 1.91. The lowest BCUT2D eigenvalue weighted by atomic mass is 10.1. The van der Waals surface area contributed by atoms with Gasteiger partial charge in [0.05, 0.1) is 13.2 Å². The third-order valence-corrected chi connectivity index (χ3v) is 3.22. The summed E-state index contributed by atoms with van der Waals surface area (Å²) >= 11 is 3.46. The molecule has 1 saturated heterocycles. The first-order valence-corrected chi connectivity index (χ1v) is 6.36. The summed E-state index contributed by atoms with van der Waals surface area (Å²) in [7, 11) is 0. The average molecular weight is 271 g/mol. The van der Waals surface area contributed by atoms with Gasteiger partial charge in [-0.3, -0.25) is 0 Å². The fourth-order valence-electron chi connectivity index (χ4n) is 1.68. The highest BCUT2D eigenvalue weighted by Crippen LogP contribution is 2.22. The Bertz CT molecular complexity index is 308. The minimum Gasteiger partial charge on any atom is -0.493 e. The van der Waals surface area contributed by atoms with Crippen LogP contribution in [-0.2, 0) is 10.1 Å². The lowest BCUT2D eigenvalue weighted by molar-refractivity contribution is 0.167. The molecule has 1 aromatic rings. The smallest absolute Gasteiger partial charge is 0.123 e. The van der Waals surface area contributed by atoms with Crippen molar-refractivity contribution in [1.29, 1.82) is 0 Å². The normalized spacial score (nSPS) is 20.5. The number of rotatable bonds is 4. The minimum absolute atomic E-state index is 0.563. The fraction of sp³-hybridized carbons (Fsp3) is 0.500. The highest BCUT2D eigenvalue weighted by molar-refractivity contribution is 9.08. The molecule has 0 amide bonds. The van der Waals surface area contributed by atoms with Gasteiger partial charge in [-0.25, -0.2) is 0 Å². The van der Waals surface area contributed by atoms with Gasteiger partial charge in [-0.1, -0.05) is 34.1 Å². The molecule has 1 aliphatic heterocycles. The number of alkyl halides is 1. The highest BCUT2D eigenvalue weighted by atomic mass is 79.9. The van der Waals surface area contributed by atoms with Crippen molar-refractivity contribution in [3.05, 3.63) is 29.8 Å². The zero-order valence-electron chi connectivity index (χ0n) is 8.62. The summed E-state index contributed by atoms with van der Waals surface area (Å²) in [5.74, 6) is 1.55. The molecule has 3 heteroatoms. The lowest BCUT2D eigenvalue weighted by Gasteiger charge is -2.12. The summed E-state index contributed by atoms with van der Waals surface area (Å²) < 4.78 is 11.1. The SMILES string of the molecule is BrCc1ccccc1OCC1CCOC1. The first-order valence-electron chi connectivity index (χ1n) is 5.24. The van der Waals surface area contributed by atoms with Gasteiger partial charge in [0, 0.05) is 23.4 Å². The third kappa shape index (κ3) is 2.95. The summed E-state index contributed by atoms with van der Waals surface area (Å²) in [5, 5.41) is 0.838. The number of para-hydroxylation sites is 1. The van der Waals surface area contributed by atoms with Crippen LogP contribution in [0.1, 0.15) is 12.0 Å². The van der Waals surface area contributed by atoms with Gasteiger partial charge in [0.25, 0.3) is 0 Å². The first kappa shape index (κ1) is 11.0. The molecule has 1 aromatic carbocycles. The first-order chi connectivity index (χ1) is 7.40. The highest BCUT2D eigenvalue weighted by Gasteiger charge is 2.16. The Labute approximate surface area is 98.7 Å². The van der Waals surface area contributed by atoms with Gasteiger partial charge in [0.2, 0.25) is 0 Å². The second-order valence-corrected chi connectivity index (χ2v) is 4.34. The summed E-state index contributed by atoms with van der Waals surface area (Å²) in [5.41, 5.74) is 1.21. The van der Waals surface area contributed by atoms with Gasteiger partial charge in [-0.05, 0) is 12.5 Å². The van der Waals surface area contributed by atoms with Gasteiger partial charge in [0.15, 0.2) is 0 Å². The Hall–Kier alpha value is -0.540. The number of ether oxygens (including phenoxy) is 2. The molecule has 0 saturated carbocycles. The van der Waals surface area contributed by atoms with Crippen molar-refractivity contribution in [3.8, 4) is 5.75 Å². The van der Waals surface area contributed by atoms with Gasteiger partial charge in [-0.2, -0.15) is 0 Å². The van der Waals surface area contributed by atoms with Crippen LogP contribution in [0.4, 0.5) is 0 Å².